The summed E-state index contributed by atoms with van der Waals surface area (Å²) in [6.07, 6.45) is 11.5. The summed E-state index contributed by atoms with van der Waals surface area (Å²) in [5.41, 5.74) is 3.50. The van der Waals surface area contributed by atoms with Gasteiger partial charge in [-0.05, 0) is 122 Å². The van der Waals surface area contributed by atoms with E-state index in [1.807, 2.05) is 19.1 Å². The highest BCUT2D eigenvalue weighted by Gasteiger charge is 2.51. The number of sulfonamides is 1. The van der Waals surface area contributed by atoms with Gasteiger partial charge < -0.3 is 29.6 Å². The van der Waals surface area contributed by atoms with Gasteiger partial charge in [0.05, 0.1) is 23.4 Å². The zero-order chi connectivity index (χ0) is 45.5. The quantitative estimate of drug-likeness (QED) is 0.0650. The number of rotatable bonds is 13. The van der Waals surface area contributed by atoms with Crippen LogP contribution in [-0.2, 0) is 21.2 Å². The lowest BCUT2D eigenvalue weighted by Gasteiger charge is -2.57. The monoisotopic (exact) mass is 922 g/mol. The smallest absolute Gasteiger partial charge is 0.268 e. The van der Waals surface area contributed by atoms with E-state index in [4.69, 9.17) is 4.74 Å². The van der Waals surface area contributed by atoms with Crippen LogP contribution in [0.2, 0.25) is 0 Å². The van der Waals surface area contributed by atoms with Crippen molar-refractivity contribution >= 4 is 55.3 Å². The molecule has 15 nitrogen and oxygen atoms in total. The van der Waals surface area contributed by atoms with E-state index < -0.39 is 37.6 Å². The number of aliphatic hydroxyl groups is 1. The standard InChI is InChI=1S/C48H58N8O7S2/c1-31(2)38-6-4-5-7-39(38)42-30-64(60)21-20-56(42)35-25-48(26-35)15-18-55(19-16-48)34-8-9-40(43(23-34)63-36-22-33-12-17-49-44(33)51-28-36)46(57)54-65(61,62)37-24-41(53-59)45(52-29-37)50-27-32-10-13-47(3,58)14-11-32/h4-9,12,17,22-24,28-29,31-32,35,42,58H,10-11,13-16,18-21,25-27,30H2,1-3H3,(H,49,51)(H,50,52)(H,54,57)/t32-,42-,47-,64?/m1/s1. The number of nitroso groups, excluding NO2 is 1. The number of amides is 1. The minimum absolute atomic E-state index is 0.00990. The second-order valence-corrected chi connectivity index (χ2v) is 22.5. The molecule has 4 fully saturated rings. The van der Waals surface area contributed by atoms with Crippen molar-refractivity contribution in [2.24, 2.45) is 16.5 Å². The van der Waals surface area contributed by atoms with Crippen LogP contribution in [0.1, 0.15) is 106 Å². The van der Waals surface area contributed by atoms with Gasteiger partial charge in [0.15, 0.2) is 11.5 Å². The predicted octanol–water partition coefficient (Wildman–Crippen LogP) is 8.30. The summed E-state index contributed by atoms with van der Waals surface area (Å²) in [6, 6.07) is 19.2. The van der Waals surface area contributed by atoms with E-state index >= 15 is 0 Å². The Morgan fingerprint density at radius 2 is 1.80 bits per heavy atom. The number of nitrogens with one attached hydrogen (secondary N) is 3. The summed E-state index contributed by atoms with van der Waals surface area (Å²) in [4.78, 5) is 42.1. The van der Waals surface area contributed by atoms with E-state index in [-0.39, 0.29) is 40.2 Å². The molecule has 2 aliphatic heterocycles. The minimum atomic E-state index is -4.51. The summed E-state index contributed by atoms with van der Waals surface area (Å²) < 4.78 is 48.8. The number of H-pyrrole nitrogens is 1. The molecule has 3 aromatic heterocycles. The molecule has 65 heavy (non-hydrogen) atoms. The number of nitrogens with zero attached hydrogens (tertiary/aromatic N) is 5. The molecule has 2 saturated heterocycles. The zero-order valence-electron chi connectivity index (χ0n) is 37.2. The van der Waals surface area contributed by atoms with E-state index in [9.17, 15) is 27.8 Å². The number of benzene rings is 2. The molecular weight excluding hydrogens is 865 g/mol. The Morgan fingerprint density at radius 3 is 2.55 bits per heavy atom. The molecule has 4 N–H and O–H groups in total. The fraction of sp³-hybridized carbons (Fsp3) is 0.479. The van der Waals surface area contributed by atoms with Crippen LogP contribution >= 0.6 is 0 Å². The first kappa shape index (κ1) is 45.1. The molecule has 0 bridgehead atoms. The van der Waals surface area contributed by atoms with Crippen molar-refractivity contribution in [3.05, 3.63) is 101 Å². The molecule has 1 spiro atoms. The Labute approximate surface area is 383 Å². The largest absolute Gasteiger partial charge is 0.616 e. The van der Waals surface area contributed by atoms with Crippen LogP contribution in [0.25, 0.3) is 11.0 Å². The summed E-state index contributed by atoms with van der Waals surface area (Å²) >= 11 is -0.833. The first-order valence-corrected chi connectivity index (χ1v) is 25.7. The Bertz CT molecular complexity index is 2650. The number of anilines is 2. The van der Waals surface area contributed by atoms with Gasteiger partial charge in [0.2, 0.25) is 0 Å². The van der Waals surface area contributed by atoms with Gasteiger partial charge in [0, 0.05) is 61.8 Å². The predicted molar refractivity (Wildman–Crippen MR) is 253 cm³/mol. The molecule has 2 saturated carbocycles. The summed E-state index contributed by atoms with van der Waals surface area (Å²) in [5.74, 6) is 1.76. The lowest BCUT2D eigenvalue weighted by atomic mass is 9.59. The van der Waals surface area contributed by atoms with E-state index in [2.05, 4.69) is 78.1 Å². The van der Waals surface area contributed by atoms with Gasteiger partial charge in [-0.1, -0.05) is 49.3 Å². The number of ether oxygens (including phenoxy) is 1. The maximum atomic E-state index is 14.0. The molecule has 2 atom stereocenters. The lowest BCUT2D eigenvalue weighted by Crippen LogP contribution is -2.58. The maximum absolute atomic E-state index is 14.0. The summed E-state index contributed by atoms with van der Waals surface area (Å²) in [6.45, 7) is 9.22. The van der Waals surface area contributed by atoms with Crippen molar-refractivity contribution in [2.45, 2.75) is 101 Å². The number of aromatic amines is 1. The number of aromatic nitrogens is 3. The highest BCUT2D eigenvalue weighted by Crippen LogP contribution is 2.53. The topological polar surface area (TPSA) is 205 Å². The van der Waals surface area contributed by atoms with Gasteiger partial charge in [-0.3, -0.25) is 9.69 Å². The van der Waals surface area contributed by atoms with Crippen molar-refractivity contribution in [3.8, 4) is 11.5 Å². The Balaban J connectivity index is 0.891. The molecular formula is C48H58N8O7S2. The number of piperidine rings is 1. The van der Waals surface area contributed by atoms with E-state index in [1.54, 1.807) is 30.6 Å². The van der Waals surface area contributed by atoms with Crippen LogP contribution in [0.15, 0.2) is 89.3 Å². The third kappa shape index (κ3) is 9.75. The number of fused-ring (bicyclic) bond motifs is 1. The highest BCUT2D eigenvalue weighted by molar-refractivity contribution is 7.91. The molecule has 1 amide bonds. The van der Waals surface area contributed by atoms with Gasteiger partial charge in [0.1, 0.15) is 33.5 Å². The van der Waals surface area contributed by atoms with Gasteiger partial charge in [-0.25, -0.2) is 23.1 Å². The first-order valence-electron chi connectivity index (χ1n) is 22.7. The van der Waals surface area contributed by atoms with E-state index in [1.165, 1.54) is 11.1 Å². The third-order valence-corrected chi connectivity index (χ3v) is 16.9. The Hall–Kier alpha value is -5.07. The van der Waals surface area contributed by atoms with E-state index in [0.29, 0.717) is 54.2 Å². The SMILES string of the molecule is CC(C)c1ccccc1[C@H]1C[S+]([O-])CCN1C1CC2(CCN(c3ccc(C(=O)NS(=O)(=O)c4cnc(NC[C@H]5CC[C@](C)(O)CC5)c(N=O)c4)c(Oc4cnc5[nH]ccc5c4)c3)CC2)C1. The van der Waals surface area contributed by atoms with Crippen LogP contribution < -0.4 is 19.7 Å². The number of carbonyl (C=O) groups is 1. The normalized spacial score (nSPS) is 23.9. The molecule has 5 aromatic rings. The molecule has 9 rings (SSSR count). The summed E-state index contributed by atoms with van der Waals surface area (Å²) in [5, 5.41) is 17.2. The first-order chi connectivity index (χ1) is 31.2. The highest BCUT2D eigenvalue weighted by atomic mass is 32.2. The van der Waals surface area contributed by atoms with Crippen molar-refractivity contribution in [1.29, 1.82) is 0 Å². The molecule has 2 aliphatic carbocycles. The van der Waals surface area contributed by atoms with Crippen LogP contribution in [-0.4, -0.2) is 93.2 Å². The minimum Gasteiger partial charge on any atom is -0.616 e. The Kier molecular flexibility index (Phi) is 12.7. The Morgan fingerprint density at radius 1 is 1.03 bits per heavy atom. The van der Waals surface area contributed by atoms with Crippen molar-refractivity contribution in [1.82, 2.24) is 24.6 Å². The van der Waals surface area contributed by atoms with Crippen LogP contribution in [0.5, 0.6) is 11.5 Å². The van der Waals surface area contributed by atoms with Crippen molar-refractivity contribution in [3.63, 3.8) is 0 Å². The molecule has 0 radical (unpaired) electrons. The fourth-order valence-corrected chi connectivity index (χ4v) is 12.7. The number of hydrogen-bond acceptors (Lipinski definition) is 13. The average molecular weight is 923 g/mol. The van der Waals surface area contributed by atoms with Gasteiger partial charge in [0.25, 0.3) is 15.9 Å². The molecule has 344 valence electrons. The van der Waals surface area contributed by atoms with Crippen LogP contribution in [0.4, 0.5) is 17.2 Å². The second-order valence-electron chi connectivity index (χ2n) is 19.2. The average Bonchev–Trinajstić information content (AvgIpc) is 3.76. The fourth-order valence-electron chi connectivity index (χ4n) is 10.4. The maximum Gasteiger partial charge on any atom is 0.268 e. The number of pyridine rings is 2. The third-order valence-electron chi connectivity index (χ3n) is 14.3. The van der Waals surface area contributed by atoms with E-state index in [0.717, 1.165) is 81.5 Å². The van der Waals surface area contributed by atoms with Crippen molar-refractivity contribution in [2.75, 3.05) is 47.9 Å². The van der Waals surface area contributed by atoms with Gasteiger partial charge >= 0.3 is 0 Å². The molecule has 5 heterocycles. The second kappa shape index (κ2) is 18.3. The number of hydrogen-bond donors (Lipinski definition) is 4. The van der Waals surface area contributed by atoms with Gasteiger partial charge in [-0.15, -0.1) is 4.91 Å². The number of carbonyl (C=O) groups excluding carboxylic acids is 1. The van der Waals surface area contributed by atoms with Crippen LogP contribution in [0, 0.1) is 16.2 Å². The lowest BCUT2D eigenvalue weighted by molar-refractivity contribution is -0.0319. The molecule has 1 unspecified atom stereocenters. The van der Waals surface area contributed by atoms with Gasteiger partial charge in [-0.2, -0.15) is 0 Å². The zero-order valence-corrected chi connectivity index (χ0v) is 38.8. The molecule has 4 aliphatic rings. The van der Waals surface area contributed by atoms with Crippen molar-refractivity contribution < 1.29 is 27.6 Å². The van der Waals surface area contributed by atoms with Crippen LogP contribution in [0.3, 0.4) is 0 Å². The molecule has 2 aromatic carbocycles. The molecule has 17 heteroatoms. The summed E-state index contributed by atoms with van der Waals surface area (Å²) in [7, 11) is -4.51.